The molecule has 1 atom stereocenters. The number of carbonyl (C=O) groups excluding carboxylic acids is 2. The van der Waals surface area contributed by atoms with Crippen LogP contribution in [0.5, 0.6) is 0 Å². The molecule has 1 aromatic carbocycles. The molecule has 3 heterocycles. The molecule has 8 heteroatoms. The van der Waals surface area contributed by atoms with E-state index in [-0.39, 0.29) is 6.04 Å². The van der Waals surface area contributed by atoms with Crippen molar-refractivity contribution in [3.63, 3.8) is 0 Å². The van der Waals surface area contributed by atoms with Crippen molar-refractivity contribution in [3.05, 3.63) is 51.7 Å². The Balaban J connectivity index is 1.44. The predicted molar refractivity (Wildman–Crippen MR) is 129 cm³/mol. The second-order valence-electron chi connectivity index (χ2n) is 8.74. The number of aryl methyl sites for hydroxylation is 1. The van der Waals surface area contributed by atoms with Crippen LogP contribution in [0, 0.1) is 0 Å². The molecule has 1 saturated heterocycles. The molecular formula is C24H33N5O2S. The van der Waals surface area contributed by atoms with Crippen LogP contribution in [-0.4, -0.2) is 75.0 Å². The Morgan fingerprint density at radius 2 is 1.81 bits per heavy atom. The first-order chi connectivity index (χ1) is 15.5. The van der Waals surface area contributed by atoms with Gasteiger partial charge in [0.2, 0.25) is 0 Å². The highest BCUT2D eigenvalue weighted by atomic mass is 32.1. The van der Waals surface area contributed by atoms with Gasteiger partial charge in [0.1, 0.15) is 0 Å². The maximum atomic E-state index is 12.5. The van der Waals surface area contributed by atoms with Crippen molar-refractivity contribution in [2.75, 3.05) is 58.3 Å². The van der Waals surface area contributed by atoms with Crippen LogP contribution in [0.1, 0.15) is 28.5 Å². The Kier molecular flexibility index (Phi) is 7.44. The highest BCUT2D eigenvalue weighted by Gasteiger charge is 2.26. The van der Waals surface area contributed by atoms with E-state index in [1.165, 1.54) is 16.8 Å². The number of hydrogen-bond donors (Lipinski definition) is 2. The first-order valence-corrected chi connectivity index (χ1v) is 12.2. The summed E-state index contributed by atoms with van der Waals surface area (Å²) in [4.78, 5) is 32.9. The molecule has 0 aliphatic carbocycles. The molecule has 32 heavy (non-hydrogen) atoms. The van der Waals surface area contributed by atoms with E-state index in [9.17, 15) is 9.59 Å². The second kappa shape index (κ2) is 10.5. The lowest BCUT2D eigenvalue weighted by Crippen LogP contribution is -2.49. The summed E-state index contributed by atoms with van der Waals surface area (Å²) < 4.78 is 0. The summed E-state index contributed by atoms with van der Waals surface area (Å²) in [6.07, 6.45) is 2.24. The van der Waals surface area contributed by atoms with Gasteiger partial charge in [-0.15, -0.1) is 11.3 Å². The Morgan fingerprint density at radius 1 is 1.03 bits per heavy atom. The van der Waals surface area contributed by atoms with Gasteiger partial charge in [0, 0.05) is 56.9 Å². The number of fused-ring (bicyclic) bond motifs is 1. The Bertz CT molecular complexity index is 924. The zero-order valence-electron chi connectivity index (χ0n) is 19.0. The van der Waals surface area contributed by atoms with Crippen LogP contribution in [0.4, 0.5) is 5.69 Å². The average Bonchev–Trinajstić information content (AvgIpc) is 3.32. The van der Waals surface area contributed by atoms with Gasteiger partial charge in [-0.25, -0.2) is 0 Å². The molecular weight excluding hydrogens is 422 g/mol. The summed E-state index contributed by atoms with van der Waals surface area (Å²) in [5, 5.41) is 7.57. The molecule has 0 saturated carbocycles. The fourth-order valence-electron chi connectivity index (χ4n) is 4.53. The number of carbonyl (C=O) groups is 2. The predicted octanol–water partition coefficient (Wildman–Crippen LogP) is 1.85. The molecule has 2 aliphatic rings. The third kappa shape index (κ3) is 5.49. The number of benzene rings is 1. The van der Waals surface area contributed by atoms with E-state index in [1.807, 2.05) is 17.5 Å². The SMILES string of the molecule is CN1CCN([C@@H](CNC(=O)C(=O)NCc2cccs2)c2ccc3c(c2)CCCN3C)CC1. The van der Waals surface area contributed by atoms with Crippen molar-refractivity contribution in [2.24, 2.45) is 0 Å². The minimum absolute atomic E-state index is 0.0512. The molecule has 7 nitrogen and oxygen atoms in total. The van der Waals surface area contributed by atoms with Gasteiger partial charge in [-0.1, -0.05) is 18.2 Å². The second-order valence-corrected chi connectivity index (χ2v) is 9.77. The monoisotopic (exact) mass is 455 g/mol. The normalized spacial score (nSPS) is 18.1. The number of likely N-dealkylation sites (N-methyl/N-ethyl adjacent to an activating group) is 1. The molecule has 0 unspecified atom stereocenters. The van der Waals surface area contributed by atoms with Gasteiger partial charge in [0.25, 0.3) is 0 Å². The minimum atomic E-state index is -0.581. The van der Waals surface area contributed by atoms with E-state index in [0.717, 1.165) is 50.4 Å². The molecule has 1 fully saturated rings. The standard InChI is InChI=1S/C24H33N5O2S/c1-27-10-12-29(13-11-27)22(19-7-8-21-18(15-19)5-3-9-28(21)2)17-26-24(31)23(30)25-16-20-6-4-14-32-20/h4,6-8,14-15,22H,3,5,9-13,16-17H2,1-2H3,(H,25,30)(H,26,31)/t22-/m0/s1. The summed E-state index contributed by atoms with van der Waals surface area (Å²) in [5.41, 5.74) is 3.88. The third-order valence-corrected chi connectivity index (χ3v) is 7.36. The van der Waals surface area contributed by atoms with E-state index < -0.39 is 11.8 Å². The number of nitrogens with zero attached hydrogens (tertiary/aromatic N) is 3. The number of thiophene rings is 1. The topological polar surface area (TPSA) is 67.9 Å². The van der Waals surface area contributed by atoms with Crippen LogP contribution in [-0.2, 0) is 22.6 Å². The van der Waals surface area contributed by atoms with Gasteiger partial charge < -0.3 is 20.4 Å². The van der Waals surface area contributed by atoms with Crippen molar-refractivity contribution >= 4 is 28.8 Å². The van der Waals surface area contributed by atoms with E-state index in [0.29, 0.717) is 13.1 Å². The highest BCUT2D eigenvalue weighted by molar-refractivity contribution is 7.09. The number of piperazine rings is 1. The summed E-state index contributed by atoms with van der Waals surface area (Å²) in [6, 6.07) is 10.6. The van der Waals surface area contributed by atoms with Crippen LogP contribution in [0.3, 0.4) is 0 Å². The summed E-state index contributed by atoms with van der Waals surface area (Å²) in [5.74, 6) is -1.15. The minimum Gasteiger partial charge on any atom is -0.374 e. The smallest absolute Gasteiger partial charge is 0.309 e. The first kappa shape index (κ1) is 22.8. The maximum absolute atomic E-state index is 12.5. The zero-order valence-corrected chi connectivity index (χ0v) is 19.8. The van der Waals surface area contributed by atoms with Crippen molar-refractivity contribution in [2.45, 2.75) is 25.4 Å². The fourth-order valence-corrected chi connectivity index (χ4v) is 5.18. The van der Waals surface area contributed by atoms with Gasteiger partial charge in [-0.05, 0) is 48.5 Å². The molecule has 0 spiro atoms. The molecule has 2 aromatic rings. The van der Waals surface area contributed by atoms with Gasteiger partial charge in [0.05, 0.1) is 12.6 Å². The van der Waals surface area contributed by atoms with Gasteiger partial charge in [-0.2, -0.15) is 0 Å². The molecule has 2 amide bonds. The van der Waals surface area contributed by atoms with E-state index in [2.05, 4.69) is 57.6 Å². The Labute approximate surface area is 194 Å². The van der Waals surface area contributed by atoms with Crippen LogP contribution >= 0.6 is 11.3 Å². The lowest BCUT2D eigenvalue weighted by Gasteiger charge is -2.39. The molecule has 172 valence electrons. The van der Waals surface area contributed by atoms with Crippen molar-refractivity contribution < 1.29 is 9.59 Å². The van der Waals surface area contributed by atoms with E-state index >= 15 is 0 Å². The lowest BCUT2D eigenvalue weighted by atomic mass is 9.95. The Morgan fingerprint density at radius 3 is 2.56 bits per heavy atom. The van der Waals surface area contributed by atoms with Gasteiger partial charge >= 0.3 is 11.8 Å². The summed E-state index contributed by atoms with van der Waals surface area (Å²) in [7, 11) is 4.28. The maximum Gasteiger partial charge on any atom is 0.309 e. The van der Waals surface area contributed by atoms with Crippen LogP contribution < -0.4 is 15.5 Å². The summed E-state index contributed by atoms with van der Waals surface area (Å²) >= 11 is 1.56. The van der Waals surface area contributed by atoms with E-state index in [1.54, 1.807) is 11.3 Å². The highest BCUT2D eigenvalue weighted by Crippen LogP contribution is 2.31. The fraction of sp³-hybridized carbons (Fsp3) is 0.500. The number of hydrogen-bond acceptors (Lipinski definition) is 6. The third-order valence-electron chi connectivity index (χ3n) is 6.48. The van der Waals surface area contributed by atoms with Gasteiger partial charge in [0.15, 0.2) is 0 Å². The van der Waals surface area contributed by atoms with Crippen LogP contribution in [0.25, 0.3) is 0 Å². The number of amides is 2. The number of rotatable bonds is 6. The number of nitrogens with one attached hydrogen (secondary N) is 2. The summed E-state index contributed by atoms with van der Waals surface area (Å²) in [6.45, 7) is 5.77. The molecule has 4 rings (SSSR count). The average molecular weight is 456 g/mol. The van der Waals surface area contributed by atoms with Crippen LogP contribution in [0.2, 0.25) is 0 Å². The molecule has 2 N–H and O–H groups in total. The lowest BCUT2D eigenvalue weighted by molar-refractivity contribution is -0.139. The quantitative estimate of drug-likeness (QED) is 0.651. The molecule has 2 aliphatic heterocycles. The van der Waals surface area contributed by atoms with Crippen molar-refractivity contribution in [3.8, 4) is 0 Å². The number of anilines is 1. The van der Waals surface area contributed by atoms with E-state index in [4.69, 9.17) is 0 Å². The van der Waals surface area contributed by atoms with Crippen molar-refractivity contribution in [1.82, 2.24) is 20.4 Å². The largest absolute Gasteiger partial charge is 0.374 e. The molecule has 1 aromatic heterocycles. The molecule has 0 radical (unpaired) electrons. The van der Waals surface area contributed by atoms with Gasteiger partial charge in [-0.3, -0.25) is 14.5 Å². The zero-order chi connectivity index (χ0) is 22.5. The van der Waals surface area contributed by atoms with Crippen molar-refractivity contribution in [1.29, 1.82) is 0 Å². The molecule has 0 bridgehead atoms. The van der Waals surface area contributed by atoms with Crippen LogP contribution in [0.15, 0.2) is 35.7 Å². The Hall–Kier alpha value is -2.42. The first-order valence-electron chi connectivity index (χ1n) is 11.4.